The second kappa shape index (κ2) is 5.31. The van der Waals surface area contributed by atoms with Crippen LogP contribution in [0.4, 0.5) is 5.69 Å². The SMILES string of the molecule is CC(=O)c1cccc(NC(=O)[C@H](N)C(C)(C)C)c1. The highest BCUT2D eigenvalue weighted by molar-refractivity contribution is 5.98. The summed E-state index contributed by atoms with van der Waals surface area (Å²) in [7, 11) is 0. The number of hydrogen-bond acceptors (Lipinski definition) is 3. The lowest BCUT2D eigenvalue weighted by atomic mass is 9.87. The Labute approximate surface area is 108 Å². The number of ketones is 1. The standard InChI is InChI=1S/C14H20N2O2/c1-9(17)10-6-5-7-11(8-10)16-13(18)12(15)14(2,3)4/h5-8,12H,15H2,1-4H3,(H,16,18)/t12-/m0/s1. The molecule has 98 valence electrons. The maximum Gasteiger partial charge on any atom is 0.241 e. The number of nitrogens with one attached hydrogen (secondary N) is 1. The summed E-state index contributed by atoms with van der Waals surface area (Å²) < 4.78 is 0. The maximum absolute atomic E-state index is 11.9. The van der Waals surface area contributed by atoms with Crippen LogP contribution >= 0.6 is 0 Å². The van der Waals surface area contributed by atoms with E-state index in [1.807, 2.05) is 20.8 Å². The van der Waals surface area contributed by atoms with Crippen molar-refractivity contribution < 1.29 is 9.59 Å². The summed E-state index contributed by atoms with van der Waals surface area (Å²) in [6.07, 6.45) is 0. The first kappa shape index (κ1) is 14.4. The Bertz CT molecular complexity index is 461. The summed E-state index contributed by atoms with van der Waals surface area (Å²) in [4.78, 5) is 23.2. The van der Waals surface area contributed by atoms with Gasteiger partial charge in [0.15, 0.2) is 5.78 Å². The van der Waals surface area contributed by atoms with Crippen LogP contribution < -0.4 is 11.1 Å². The summed E-state index contributed by atoms with van der Waals surface area (Å²) in [6, 6.07) is 6.23. The van der Waals surface area contributed by atoms with Gasteiger partial charge in [-0.1, -0.05) is 32.9 Å². The smallest absolute Gasteiger partial charge is 0.241 e. The van der Waals surface area contributed by atoms with Crippen LogP contribution in [0.2, 0.25) is 0 Å². The van der Waals surface area contributed by atoms with Gasteiger partial charge in [0.25, 0.3) is 0 Å². The first-order chi connectivity index (χ1) is 8.21. The van der Waals surface area contributed by atoms with E-state index in [1.54, 1.807) is 24.3 Å². The van der Waals surface area contributed by atoms with Gasteiger partial charge in [0.05, 0.1) is 6.04 Å². The zero-order valence-electron chi connectivity index (χ0n) is 11.3. The van der Waals surface area contributed by atoms with Crippen LogP contribution in [0.1, 0.15) is 38.1 Å². The molecule has 1 aromatic carbocycles. The van der Waals surface area contributed by atoms with E-state index in [0.29, 0.717) is 11.3 Å². The van der Waals surface area contributed by atoms with Crippen molar-refractivity contribution in [1.82, 2.24) is 0 Å². The van der Waals surface area contributed by atoms with Crippen LogP contribution in [-0.2, 0) is 4.79 Å². The Morgan fingerprint density at radius 3 is 2.39 bits per heavy atom. The van der Waals surface area contributed by atoms with Gasteiger partial charge < -0.3 is 11.1 Å². The Morgan fingerprint density at radius 2 is 1.89 bits per heavy atom. The lowest BCUT2D eigenvalue weighted by Crippen LogP contribution is -2.45. The largest absolute Gasteiger partial charge is 0.325 e. The van der Waals surface area contributed by atoms with E-state index in [2.05, 4.69) is 5.32 Å². The molecule has 0 aliphatic heterocycles. The van der Waals surface area contributed by atoms with E-state index in [9.17, 15) is 9.59 Å². The molecule has 4 nitrogen and oxygen atoms in total. The number of rotatable bonds is 3. The van der Waals surface area contributed by atoms with Crippen molar-refractivity contribution in [2.75, 3.05) is 5.32 Å². The molecule has 0 aliphatic rings. The summed E-state index contributed by atoms with van der Waals surface area (Å²) in [5.41, 5.74) is 6.71. The Kier molecular flexibility index (Phi) is 4.24. The van der Waals surface area contributed by atoms with Crippen molar-refractivity contribution in [3.05, 3.63) is 29.8 Å². The number of carbonyl (C=O) groups excluding carboxylic acids is 2. The molecule has 0 saturated carbocycles. The number of nitrogens with two attached hydrogens (primary N) is 1. The lowest BCUT2D eigenvalue weighted by Gasteiger charge is -2.25. The molecule has 1 atom stereocenters. The summed E-state index contributed by atoms with van der Waals surface area (Å²) in [6.45, 7) is 7.21. The van der Waals surface area contributed by atoms with Crippen LogP contribution in [0, 0.1) is 5.41 Å². The second-order valence-corrected chi connectivity index (χ2v) is 5.47. The van der Waals surface area contributed by atoms with Gasteiger partial charge in [-0.15, -0.1) is 0 Å². The number of carbonyl (C=O) groups is 2. The van der Waals surface area contributed by atoms with Crippen molar-refractivity contribution in [2.24, 2.45) is 11.1 Å². The fourth-order valence-corrected chi connectivity index (χ4v) is 1.43. The third-order valence-corrected chi connectivity index (χ3v) is 2.75. The minimum absolute atomic E-state index is 0.0359. The molecular formula is C14H20N2O2. The van der Waals surface area contributed by atoms with Gasteiger partial charge in [0.2, 0.25) is 5.91 Å². The molecule has 4 heteroatoms. The van der Waals surface area contributed by atoms with Crippen LogP contribution in [0.3, 0.4) is 0 Å². The second-order valence-electron chi connectivity index (χ2n) is 5.47. The van der Waals surface area contributed by atoms with E-state index in [1.165, 1.54) is 6.92 Å². The third-order valence-electron chi connectivity index (χ3n) is 2.75. The predicted molar refractivity (Wildman–Crippen MR) is 72.5 cm³/mol. The molecule has 0 radical (unpaired) electrons. The average Bonchev–Trinajstić information content (AvgIpc) is 2.27. The van der Waals surface area contributed by atoms with E-state index >= 15 is 0 Å². The number of amides is 1. The van der Waals surface area contributed by atoms with E-state index in [4.69, 9.17) is 5.73 Å². The Morgan fingerprint density at radius 1 is 1.28 bits per heavy atom. The predicted octanol–water partition coefficient (Wildman–Crippen LogP) is 2.20. The quantitative estimate of drug-likeness (QED) is 0.805. The van der Waals surface area contributed by atoms with Crippen molar-refractivity contribution >= 4 is 17.4 Å². The van der Waals surface area contributed by atoms with Crippen LogP contribution in [0.5, 0.6) is 0 Å². The van der Waals surface area contributed by atoms with Crippen molar-refractivity contribution in [3.8, 4) is 0 Å². The average molecular weight is 248 g/mol. The molecule has 0 aromatic heterocycles. The highest BCUT2D eigenvalue weighted by Crippen LogP contribution is 2.19. The molecule has 0 fully saturated rings. The van der Waals surface area contributed by atoms with Gasteiger partial charge in [0, 0.05) is 11.3 Å². The minimum Gasteiger partial charge on any atom is -0.325 e. The molecule has 1 amide bonds. The maximum atomic E-state index is 11.9. The first-order valence-corrected chi connectivity index (χ1v) is 5.89. The lowest BCUT2D eigenvalue weighted by molar-refractivity contribution is -0.119. The number of anilines is 1. The van der Waals surface area contributed by atoms with Crippen LogP contribution in [-0.4, -0.2) is 17.7 Å². The van der Waals surface area contributed by atoms with Gasteiger partial charge in [0.1, 0.15) is 0 Å². The molecule has 0 aliphatic carbocycles. The molecule has 0 heterocycles. The monoisotopic (exact) mass is 248 g/mol. The topological polar surface area (TPSA) is 72.2 Å². The van der Waals surface area contributed by atoms with Gasteiger partial charge >= 0.3 is 0 Å². The van der Waals surface area contributed by atoms with Crippen LogP contribution in [0.25, 0.3) is 0 Å². The fourth-order valence-electron chi connectivity index (χ4n) is 1.43. The van der Waals surface area contributed by atoms with Gasteiger partial charge in [-0.3, -0.25) is 9.59 Å². The fraction of sp³-hybridized carbons (Fsp3) is 0.429. The Hall–Kier alpha value is -1.68. The number of benzene rings is 1. The molecule has 0 spiro atoms. The normalized spacial score (nSPS) is 12.9. The van der Waals surface area contributed by atoms with Crippen molar-refractivity contribution in [1.29, 1.82) is 0 Å². The van der Waals surface area contributed by atoms with Crippen LogP contribution in [0.15, 0.2) is 24.3 Å². The van der Waals surface area contributed by atoms with E-state index in [0.717, 1.165) is 0 Å². The zero-order valence-corrected chi connectivity index (χ0v) is 11.3. The van der Waals surface area contributed by atoms with E-state index < -0.39 is 6.04 Å². The number of Topliss-reactive ketones (excluding diaryl/α,β-unsaturated/α-hetero) is 1. The Balaban J connectivity index is 2.82. The molecule has 0 saturated heterocycles. The molecule has 18 heavy (non-hydrogen) atoms. The molecule has 3 N–H and O–H groups in total. The van der Waals surface area contributed by atoms with Crippen molar-refractivity contribution in [3.63, 3.8) is 0 Å². The summed E-state index contributed by atoms with van der Waals surface area (Å²) >= 11 is 0. The molecule has 0 bridgehead atoms. The van der Waals surface area contributed by atoms with Gasteiger partial charge in [-0.2, -0.15) is 0 Å². The molecule has 0 unspecified atom stereocenters. The van der Waals surface area contributed by atoms with Crippen molar-refractivity contribution in [2.45, 2.75) is 33.7 Å². The third kappa shape index (κ3) is 3.67. The molecular weight excluding hydrogens is 228 g/mol. The zero-order chi connectivity index (χ0) is 13.9. The summed E-state index contributed by atoms with van der Waals surface area (Å²) in [5.74, 6) is -0.283. The molecule has 1 aromatic rings. The van der Waals surface area contributed by atoms with E-state index in [-0.39, 0.29) is 17.1 Å². The van der Waals surface area contributed by atoms with Gasteiger partial charge in [-0.05, 0) is 24.5 Å². The highest BCUT2D eigenvalue weighted by atomic mass is 16.2. The minimum atomic E-state index is -0.599. The summed E-state index contributed by atoms with van der Waals surface area (Å²) in [5, 5.41) is 2.73. The number of hydrogen-bond donors (Lipinski definition) is 2. The van der Waals surface area contributed by atoms with Gasteiger partial charge in [-0.25, -0.2) is 0 Å². The first-order valence-electron chi connectivity index (χ1n) is 5.89. The highest BCUT2D eigenvalue weighted by Gasteiger charge is 2.27. The molecule has 1 rings (SSSR count).